The Morgan fingerprint density at radius 3 is 2.91 bits per heavy atom. The second kappa shape index (κ2) is 9.82. The van der Waals surface area contributed by atoms with Gasteiger partial charge in [0.15, 0.2) is 0 Å². The summed E-state index contributed by atoms with van der Waals surface area (Å²) >= 11 is 0. The summed E-state index contributed by atoms with van der Waals surface area (Å²) in [5, 5.41) is 3.67. The van der Waals surface area contributed by atoms with Gasteiger partial charge in [0.1, 0.15) is 37.9 Å². The lowest BCUT2D eigenvalue weighted by Gasteiger charge is -2.26. The van der Waals surface area contributed by atoms with E-state index in [0.717, 1.165) is 12.1 Å². The first-order valence-electron chi connectivity index (χ1n) is 10.3. The minimum atomic E-state index is -0.550. The van der Waals surface area contributed by atoms with Gasteiger partial charge in [-0.05, 0) is 35.3 Å². The highest BCUT2D eigenvalue weighted by Crippen LogP contribution is 2.30. The molecule has 0 bridgehead atoms. The molecule has 2 aromatic rings. The number of rotatable bonds is 8. The van der Waals surface area contributed by atoms with Crippen LogP contribution in [0.15, 0.2) is 41.1 Å². The number of cyclic esters (lactones) is 1. The summed E-state index contributed by atoms with van der Waals surface area (Å²) in [6.45, 7) is 4.03. The van der Waals surface area contributed by atoms with E-state index in [4.69, 9.17) is 18.7 Å². The van der Waals surface area contributed by atoms with E-state index in [-0.39, 0.29) is 19.2 Å². The Kier molecular flexibility index (Phi) is 6.69. The number of ether oxygens (including phenoxy) is 3. The predicted octanol–water partition coefficient (Wildman–Crippen LogP) is 2.87. The van der Waals surface area contributed by atoms with Crippen molar-refractivity contribution in [1.82, 2.24) is 10.1 Å². The third-order valence-electron chi connectivity index (χ3n) is 5.38. The molecule has 2 aliphatic heterocycles. The first kappa shape index (κ1) is 21.8. The van der Waals surface area contributed by atoms with E-state index in [9.17, 15) is 14.0 Å². The Labute approximate surface area is 184 Å². The number of esters is 1. The monoisotopic (exact) mass is 445 g/mol. The Morgan fingerprint density at radius 2 is 2.22 bits per heavy atom. The smallest absolute Gasteiger partial charge is 0.414 e. The van der Waals surface area contributed by atoms with E-state index < -0.39 is 18.0 Å². The molecule has 10 heteroatoms. The number of amides is 1. The van der Waals surface area contributed by atoms with Gasteiger partial charge in [-0.2, -0.15) is 0 Å². The van der Waals surface area contributed by atoms with E-state index in [1.165, 1.54) is 24.2 Å². The van der Waals surface area contributed by atoms with Crippen LogP contribution >= 0.6 is 0 Å². The number of benzene rings is 1. The fourth-order valence-corrected chi connectivity index (χ4v) is 3.75. The lowest BCUT2D eigenvalue weighted by Crippen LogP contribution is -2.38. The zero-order valence-corrected chi connectivity index (χ0v) is 17.7. The zero-order chi connectivity index (χ0) is 22.5. The van der Waals surface area contributed by atoms with Crippen LogP contribution in [0.1, 0.15) is 18.9 Å². The van der Waals surface area contributed by atoms with Crippen molar-refractivity contribution in [2.24, 2.45) is 0 Å². The Hall–Kier alpha value is -3.40. The zero-order valence-electron chi connectivity index (χ0n) is 17.7. The SMILES string of the molecule is CC(=O)OCCN1CC=C(c2ccc(N3C(=O)OC[C@H]3COc3ccon3)cc2F)CC1. The van der Waals surface area contributed by atoms with Crippen molar-refractivity contribution in [2.75, 3.05) is 44.4 Å². The maximum atomic E-state index is 15.0. The summed E-state index contributed by atoms with van der Waals surface area (Å²) in [7, 11) is 0. The minimum Gasteiger partial charge on any atom is -0.473 e. The van der Waals surface area contributed by atoms with Gasteiger partial charge in [0, 0.05) is 38.2 Å². The molecule has 170 valence electrons. The molecule has 1 atom stereocenters. The van der Waals surface area contributed by atoms with Gasteiger partial charge in [-0.25, -0.2) is 9.18 Å². The van der Waals surface area contributed by atoms with E-state index >= 15 is 0 Å². The molecule has 1 amide bonds. The van der Waals surface area contributed by atoms with Crippen molar-refractivity contribution in [3.63, 3.8) is 0 Å². The third kappa shape index (κ3) is 5.08. The lowest BCUT2D eigenvalue weighted by molar-refractivity contribution is -0.141. The van der Waals surface area contributed by atoms with Gasteiger partial charge in [-0.1, -0.05) is 6.08 Å². The maximum absolute atomic E-state index is 15.0. The van der Waals surface area contributed by atoms with Crippen LogP contribution < -0.4 is 9.64 Å². The number of carbonyl (C=O) groups is 2. The normalized spacial score (nSPS) is 18.9. The number of hydrogen-bond acceptors (Lipinski definition) is 8. The van der Waals surface area contributed by atoms with E-state index in [0.29, 0.717) is 43.2 Å². The number of halogens is 1. The summed E-state index contributed by atoms with van der Waals surface area (Å²) in [4.78, 5) is 26.7. The van der Waals surface area contributed by atoms with Crippen LogP contribution in [-0.2, 0) is 14.3 Å². The molecule has 0 unspecified atom stereocenters. The molecule has 0 spiro atoms. The molecule has 2 aliphatic rings. The van der Waals surface area contributed by atoms with Crippen LogP contribution in [0.5, 0.6) is 5.88 Å². The standard InChI is InChI=1S/C22H24FN3O6/c1-15(27)29-11-9-25-7-4-16(5-8-25)19-3-2-17(12-20(19)23)26-18(14-31-22(26)28)13-30-21-6-10-32-24-21/h2-4,6,10,12,18H,5,7-9,11,13-14H2,1H3/t18-/m1/s1. The van der Waals surface area contributed by atoms with Crippen LogP contribution in [0.3, 0.4) is 0 Å². The van der Waals surface area contributed by atoms with Gasteiger partial charge in [0.25, 0.3) is 5.88 Å². The second-order valence-corrected chi connectivity index (χ2v) is 7.53. The molecule has 3 heterocycles. The van der Waals surface area contributed by atoms with Crippen LogP contribution in [0, 0.1) is 5.82 Å². The summed E-state index contributed by atoms with van der Waals surface area (Å²) in [6, 6.07) is 5.89. The average Bonchev–Trinajstić information content (AvgIpc) is 3.42. The molecule has 32 heavy (non-hydrogen) atoms. The molecule has 0 radical (unpaired) electrons. The number of hydrogen-bond donors (Lipinski definition) is 0. The molecule has 1 saturated heterocycles. The number of nitrogens with zero attached hydrogens (tertiary/aromatic N) is 3. The molecule has 4 rings (SSSR count). The van der Waals surface area contributed by atoms with Crippen LogP contribution in [0.4, 0.5) is 14.9 Å². The summed E-state index contributed by atoms with van der Waals surface area (Å²) in [5.41, 5.74) is 1.82. The largest absolute Gasteiger partial charge is 0.473 e. The Morgan fingerprint density at radius 1 is 1.34 bits per heavy atom. The van der Waals surface area contributed by atoms with Gasteiger partial charge < -0.3 is 18.7 Å². The number of carbonyl (C=O) groups excluding carboxylic acids is 2. The van der Waals surface area contributed by atoms with Gasteiger partial charge in [0.05, 0.1) is 5.69 Å². The molecular weight excluding hydrogens is 421 g/mol. The fraction of sp³-hybridized carbons (Fsp3) is 0.409. The number of anilines is 1. The molecule has 1 aromatic heterocycles. The van der Waals surface area contributed by atoms with Gasteiger partial charge in [-0.15, -0.1) is 0 Å². The molecular formula is C22H24FN3O6. The lowest BCUT2D eigenvalue weighted by atomic mass is 9.98. The van der Waals surface area contributed by atoms with Crippen molar-refractivity contribution in [2.45, 2.75) is 19.4 Å². The number of aromatic nitrogens is 1. The average molecular weight is 445 g/mol. The van der Waals surface area contributed by atoms with Gasteiger partial charge >= 0.3 is 12.1 Å². The first-order valence-corrected chi connectivity index (χ1v) is 10.3. The summed E-state index contributed by atoms with van der Waals surface area (Å²) in [5.74, 6) is -0.399. The molecule has 0 N–H and O–H groups in total. The maximum Gasteiger partial charge on any atom is 0.414 e. The van der Waals surface area contributed by atoms with E-state index in [2.05, 4.69) is 10.1 Å². The molecule has 1 fully saturated rings. The van der Waals surface area contributed by atoms with E-state index in [1.807, 2.05) is 6.08 Å². The summed E-state index contributed by atoms with van der Waals surface area (Å²) < 4.78 is 35.3. The Bertz CT molecular complexity index is 994. The first-order chi connectivity index (χ1) is 15.5. The molecule has 9 nitrogen and oxygen atoms in total. The van der Waals surface area contributed by atoms with Crippen molar-refractivity contribution < 1.29 is 32.7 Å². The quantitative estimate of drug-likeness (QED) is 0.573. The predicted molar refractivity (Wildman–Crippen MR) is 112 cm³/mol. The molecule has 0 saturated carbocycles. The highest BCUT2D eigenvalue weighted by atomic mass is 19.1. The minimum absolute atomic E-state index is 0.133. The van der Waals surface area contributed by atoms with Crippen LogP contribution in [0.2, 0.25) is 0 Å². The highest BCUT2D eigenvalue weighted by Gasteiger charge is 2.35. The van der Waals surface area contributed by atoms with Crippen molar-refractivity contribution in [1.29, 1.82) is 0 Å². The van der Waals surface area contributed by atoms with Crippen LogP contribution in [0.25, 0.3) is 5.57 Å². The molecule has 0 aliphatic carbocycles. The third-order valence-corrected chi connectivity index (χ3v) is 5.38. The van der Waals surface area contributed by atoms with Crippen molar-refractivity contribution in [3.8, 4) is 5.88 Å². The van der Waals surface area contributed by atoms with E-state index in [1.54, 1.807) is 18.2 Å². The Balaban J connectivity index is 1.40. The fourth-order valence-electron chi connectivity index (χ4n) is 3.75. The second-order valence-electron chi connectivity index (χ2n) is 7.53. The summed E-state index contributed by atoms with van der Waals surface area (Å²) in [6.07, 6.45) is 3.49. The van der Waals surface area contributed by atoms with Crippen molar-refractivity contribution in [3.05, 3.63) is 48.0 Å². The van der Waals surface area contributed by atoms with Gasteiger partial charge in [-0.3, -0.25) is 14.6 Å². The highest BCUT2D eigenvalue weighted by molar-refractivity contribution is 5.90. The van der Waals surface area contributed by atoms with Crippen molar-refractivity contribution >= 4 is 23.3 Å². The molecule has 1 aromatic carbocycles. The van der Waals surface area contributed by atoms with Gasteiger partial charge in [0.2, 0.25) is 0 Å². The topological polar surface area (TPSA) is 94.3 Å². The van der Waals surface area contributed by atoms with Crippen LogP contribution in [-0.4, -0.2) is 67.6 Å².